The lowest BCUT2D eigenvalue weighted by atomic mass is 9.91. The molecule has 0 saturated heterocycles. The normalized spacial score (nSPS) is 12.6. The number of aliphatic hydroxyl groups excluding tert-OH is 1. The SMILES string of the molecule is COc1n[nH]c2cc(NC(=O)N[C@@H](c3ccc(F)c(C)c3)C(C)(C)O)nc(CO)c12. The third kappa shape index (κ3) is 4.34. The Bertz CT molecular complexity index is 1080. The van der Waals surface area contributed by atoms with Crippen LogP contribution in [-0.4, -0.2) is 44.1 Å². The Labute approximate surface area is 172 Å². The average Bonchev–Trinajstić information content (AvgIpc) is 3.10. The Kier molecular flexibility index (Phi) is 5.90. The number of anilines is 1. The van der Waals surface area contributed by atoms with Crippen LogP contribution in [0.5, 0.6) is 5.88 Å². The van der Waals surface area contributed by atoms with Crippen molar-refractivity contribution in [3.05, 3.63) is 46.9 Å². The summed E-state index contributed by atoms with van der Waals surface area (Å²) in [4.78, 5) is 16.9. The molecule has 2 heterocycles. The quantitative estimate of drug-likeness (QED) is 0.419. The highest BCUT2D eigenvalue weighted by molar-refractivity contribution is 5.93. The number of ether oxygens (including phenoxy) is 1. The fourth-order valence-electron chi connectivity index (χ4n) is 3.22. The fourth-order valence-corrected chi connectivity index (χ4v) is 3.22. The molecule has 0 unspecified atom stereocenters. The number of pyridine rings is 1. The minimum atomic E-state index is -1.33. The molecular weight excluding hydrogens is 393 g/mol. The van der Waals surface area contributed by atoms with Gasteiger partial charge in [0.15, 0.2) is 0 Å². The molecular formula is C20H24FN5O4. The number of aromatic nitrogens is 3. The van der Waals surface area contributed by atoms with Crippen LogP contribution in [0.4, 0.5) is 15.0 Å². The molecule has 5 N–H and O–H groups in total. The minimum Gasteiger partial charge on any atom is -0.479 e. The van der Waals surface area contributed by atoms with Crippen molar-refractivity contribution in [2.45, 2.75) is 39.0 Å². The van der Waals surface area contributed by atoms with Gasteiger partial charge < -0.3 is 20.3 Å². The van der Waals surface area contributed by atoms with Crippen LogP contribution in [0.1, 0.15) is 36.7 Å². The lowest BCUT2D eigenvalue weighted by Gasteiger charge is -2.31. The number of hydrogen-bond donors (Lipinski definition) is 5. The number of rotatable bonds is 6. The molecule has 9 nitrogen and oxygen atoms in total. The van der Waals surface area contributed by atoms with Gasteiger partial charge in [0.1, 0.15) is 11.6 Å². The first kappa shape index (κ1) is 21.5. The van der Waals surface area contributed by atoms with Crippen molar-refractivity contribution in [3.8, 4) is 5.88 Å². The second-order valence-electron chi connectivity index (χ2n) is 7.46. The standard InChI is InChI=1S/C20H24FN5O4/c1-10-7-11(5-6-12(10)21)17(20(2,3)29)24-19(28)23-15-8-13-16(14(9-27)22-15)18(30-4)26-25-13/h5-8,17,27,29H,9H2,1-4H3,(H,25,26)(H2,22,23,24,28)/t17-/m0/s1. The van der Waals surface area contributed by atoms with E-state index in [9.17, 15) is 19.4 Å². The highest BCUT2D eigenvalue weighted by Crippen LogP contribution is 2.29. The van der Waals surface area contributed by atoms with Crippen molar-refractivity contribution in [2.75, 3.05) is 12.4 Å². The Hall–Kier alpha value is -3.24. The smallest absolute Gasteiger partial charge is 0.320 e. The number of fused-ring (bicyclic) bond motifs is 1. The summed E-state index contributed by atoms with van der Waals surface area (Å²) in [6.07, 6.45) is 0. The van der Waals surface area contributed by atoms with Crippen molar-refractivity contribution < 1.29 is 24.1 Å². The van der Waals surface area contributed by atoms with Gasteiger partial charge in [0.25, 0.3) is 0 Å². The van der Waals surface area contributed by atoms with E-state index in [1.54, 1.807) is 32.9 Å². The van der Waals surface area contributed by atoms with Crippen LogP contribution in [0, 0.1) is 12.7 Å². The third-order valence-corrected chi connectivity index (χ3v) is 4.67. The molecule has 2 aromatic heterocycles. The monoisotopic (exact) mass is 417 g/mol. The van der Waals surface area contributed by atoms with E-state index in [2.05, 4.69) is 25.8 Å². The first-order valence-electron chi connectivity index (χ1n) is 9.22. The highest BCUT2D eigenvalue weighted by Gasteiger charge is 2.30. The summed E-state index contributed by atoms with van der Waals surface area (Å²) in [6.45, 7) is 4.31. The Balaban J connectivity index is 1.86. The zero-order valence-corrected chi connectivity index (χ0v) is 17.1. The maximum absolute atomic E-state index is 13.6. The predicted molar refractivity (Wildman–Crippen MR) is 109 cm³/mol. The highest BCUT2D eigenvalue weighted by atomic mass is 19.1. The number of nitrogens with one attached hydrogen (secondary N) is 3. The molecule has 3 aromatic rings. The van der Waals surface area contributed by atoms with Crippen molar-refractivity contribution >= 4 is 22.8 Å². The number of nitrogens with zero attached hydrogens (tertiary/aromatic N) is 2. The summed E-state index contributed by atoms with van der Waals surface area (Å²) in [6, 6.07) is 4.47. The van der Waals surface area contributed by atoms with Gasteiger partial charge in [0, 0.05) is 6.07 Å². The molecule has 160 valence electrons. The number of aliphatic hydroxyl groups is 2. The molecule has 0 fully saturated rings. The lowest BCUT2D eigenvalue weighted by molar-refractivity contribution is 0.0415. The molecule has 0 spiro atoms. The van der Waals surface area contributed by atoms with E-state index < -0.39 is 17.7 Å². The van der Waals surface area contributed by atoms with Crippen molar-refractivity contribution in [1.82, 2.24) is 20.5 Å². The van der Waals surface area contributed by atoms with E-state index in [4.69, 9.17) is 4.74 Å². The number of aryl methyl sites for hydroxylation is 1. The molecule has 2 amide bonds. The van der Waals surface area contributed by atoms with Gasteiger partial charge in [0.2, 0.25) is 5.88 Å². The van der Waals surface area contributed by atoms with Crippen molar-refractivity contribution in [2.24, 2.45) is 0 Å². The van der Waals surface area contributed by atoms with E-state index >= 15 is 0 Å². The largest absolute Gasteiger partial charge is 0.479 e. The number of methoxy groups -OCH3 is 1. The second-order valence-corrected chi connectivity index (χ2v) is 7.46. The molecule has 0 bridgehead atoms. The number of aromatic amines is 1. The molecule has 0 aliphatic carbocycles. The summed E-state index contributed by atoms with van der Waals surface area (Å²) in [5, 5.41) is 32.7. The zero-order valence-electron chi connectivity index (χ0n) is 17.1. The number of halogens is 1. The topological polar surface area (TPSA) is 132 Å². The number of carbonyl (C=O) groups is 1. The van der Waals surface area contributed by atoms with Crippen LogP contribution in [0.25, 0.3) is 10.9 Å². The number of hydrogen-bond acceptors (Lipinski definition) is 6. The third-order valence-electron chi connectivity index (χ3n) is 4.67. The van der Waals surface area contributed by atoms with E-state index in [1.165, 1.54) is 19.2 Å². The molecule has 0 aliphatic heterocycles. The van der Waals surface area contributed by atoms with E-state index in [0.29, 0.717) is 22.0 Å². The van der Waals surface area contributed by atoms with Crippen LogP contribution in [0.3, 0.4) is 0 Å². The molecule has 1 atom stereocenters. The molecule has 10 heteroatoms. The molecule has 1 aromatic carbocycles. The van der Waals surface area contributed by atoms with Crippen LogP contribution in [0.2, 0.25) is 0 Å². The van der Waals surface area contributed by atoms with Gasteiger partial charge in [-0.3, -0.25) is 10.4 Å². The number of urea groups is 1. The lowest BCUT2D eigenvalue weighted by Crippen LogP contribution is -2.44. The maximum Gasteiger partial charge on any atom is 0.320 e. The van der Waals surface area contributed by atoms with Gasteiger partial charge in [-0.15, -0.1) is 5.10 Å². The van der Waals surface area contributed by atoms with E-state index in [1.807, 2.05) is 0 Å². The van der Waals surface area contributed by atoms with E-state index in [-0.39, 0.29) is 29.8 Å². The first-order valence-corrected chi connectivity index (χ1v) is 9.22. The minimum absolute atomic E-state index is 0.167. The number of carbonyl (C=O) groups excluding carboxylic acids is 1. The van der Waals surface area contributed by atoms with Gasteiger partial charge in [-0.05, 0) is 38.0 Å². The number of benzene rings is 1. The Morgan fingerprint density at radius 1 is 1.37 bits per heavy atom. The van der Waals surface area contributed by atoms with Gasteiger partial charge in [-0.1, -0.05) is 12.1 Å². The van der Waals surface area contributed by atoms with Crippen LogP contribution >= 0.6 is 0 Å². The molecule has 3 rings (SSSR count). The fraction of sp³-hybridized carbons (Fsp3) is 0.350. The number of amides is 2. The molecule has 0 radical (unpaired) electrons. The van der Waals surface area contributed by atoms with Crippen LogP contribution in [-0.2, 0) is 6.61 Å². The second kappa shape index (κ2) is 8.25. The van der Waals surface area contributed by atoms with Crippen molar-refractivity contribution in [1.29, 1.82) is 0 Å². The molecule has 30 heavy (non-hydrogen) atoms. The van der Waals surface area contributed by atoms with Crippen molar-refractivity contribution in [3.63, 3.8) is 0 Å². The summed E-state index contributed by atoms with van der Waals surface area (Å²) in [5.41, 5.74) is 0.425. The predicted octanol–water partition coefficient (Wildman–Crippen LogP) is 2.54. The van der Waals surface area contributed by atoms with Gasteiger partial charge in [-0.2, -0.15) is 0 Å². The molecule has 0 saturated carbocycles. The van der Waals surface area contributed by atoms with Crippen LogP contribution < -0.4 is 15.4 Å². The van der Waals surface area contributed by atoms with E-state index in [0.717, 1.165) is 0 Å². The maximum atomic E-state index is 13.6. The first-order chi connectivity index (χ1) is 14.1. The molecule has 0 aliphatic rings. The van der Waals surface area contributed by atoms with Crippen LogP contribution in [0.15, 0.2) is 24.3 Å². The van der Waals surface area contributed by atoms with Gasteiger partial charge in [-0.25, -0.2) is 14.2 Å². The zero-order chi connectivity index (χ0) is 22.1. The summed E-state index contributed by atoms with van der Waals surface area (Å²) in [5.74, 6) is 0.0770. The summed E-state index contributed by atoms with van der Waals surface area (Å²) >= 11 is 0. The van der Waals surface area contributed by atoms with Gasteiger partial charge >= 0.3 is 6.03 Å². The Morgan fingerprint density at radius 2 is 2.10 bits per heavy atom. The Morgan fingerprint density at radius 3 is 2.70 bits per heavy atom. The number of H-pyrrole nitrogens is 1. The summed E-state index contributed by atoms with van der Waals surface area (Å²) in [7, 11) is 1.45. The summed E-state index contributed by atoms with van der Waals surface area (Å²) < 4.78 is 18.8. The average molecular weight is 417 g/mol. The van der Waals surface area contributed by atoms with Gasteiger partial charge in [0.05, 0.1) is 42.0 Å².